The number of ether oxygens (including phenoxy) is 1. The largest absolute Gasteiger partial charge is 0.458 e. The third-order valence-corrected chi connectivity index (χ3v) is 11.1. The van der Waals surface area contributed by atoms with Crippen molar-refractivity contribution in [3.8, 4) is 0 Å². The lowest BCUT2D eigenvalue weighted by Crippen LogP contribution is -2.69. The first kappa shape index (κ1) is 27.4. The first-order valence-electron chi connectivity index (χ1n) is 14.0. The zero-order chi connectivity index (χ0) is 27.7. The van der Waals surface area contributed by atoms with Crippen LogP contribution in [0.4, 0.5) is 4.39 Å². The normalized spacial score (nSPS) is 43.8. The molecule has 0 saturated heterocycles. The zero-order valence-corrected chi connectivity index (χ0v) is 22.5. The van der Waals surface area contributed by atoms with Crippen LogP contribution in [0.5, 0.6) is 0 Å². The predicted molar refractivity (Wildman–Crippen MR) is 135 cm³/mol. The van der Waals surface area contributed by atoms with Crippen molar-refractivity contribution in [1.29, 1.82) is 0 Å². The fourth-order valence-corrected chi connectivity index (χ4v) is 8.63. The van der Waals surface area contributed by atoms with Gasteiger partial charge in [0.05, 0.1) is 12.5 Å². The number of Topliss-reactive ketones (excluding diaryl/α,β-unsaturated/α-hetero) is 2. The molecule has 5 aliphatic carbocycles. The maximum Gasteiger partial charge on any atom is 0.306 e. The molecule has 0 aromatic rings. The minimum absolute atomic E-state index is 0.0277. The van der Waals surface area contributed by atoms with Crippen LogP contribution in [0.1, 0.15) is 78.6 Å². The lowest BCUT2D eigenvalue weighted by molar-refractivity contribution is -0.220. The van der Waals surface area contributed by atoms with E-state index in [0.29, 0.717) is 24.8 Å². The van der Waals surface area contributed by atoms with Gasteiger partial charge in [0, 0.05) is 29.1 Å². The van der Waals surface area contributed by atoms with Crippen molar-refractivity contribution in [2.45, 2.75) is 95.9 Å². The molecule has 8 atom stereocenters. The van der Waals surface area contributed by atoms with E-state index in [1.54, 1.807) is 26.8 Å². The van der Waals surface area contributed by atoms with Gasteiger partial charge >= 0.3 is 5.97 Å². The zero-order valence-electron chi connectivity index (χ0n) is 22.5. The summed E-state index contributed by atoms with van der Waals surface area (Å²) < 4.78 is 22.4. The molecule has 2 N–H and O–H groups in total. The Hall–Kier alpha value is -2.19. The number of fused-ring (bicyclic) bond motifs is 5. The number of hydrogen-bond donors (Lipinski definition) is 2. The molecule has 8 heteroatoms. The fraction of sp³-hybridized carbons (Fsp3) is 0.733. The molecule has 0 radical (unpaired) electrons. The number of rotatable bonds is 7. The van der Waals surface area contributed by atoms with E-state index >= 15 is 4.39 Å². The van der Waals surface area contributed by atoms with Gasteiger partial charge in [-0.3, -0.25) is 19.2 Å². The first-order chi connectivity index (χ1) is 17.8. The van der Waals surface area contributed by atoms with Crippen molar-refractivity contribution in [2.24, 2.45) is 34.5 Å². The summed E-state index contributed by atoms with van der Waals surface area (Å²) in [6.45, 7) is 4.60. The standard InChI is InChI=1S/C30H39FO7/c1-17-13-22-21-8-7-19-14-20(32)11-12-27(19,2)29(21,31)24(34)15-28(22,3)30(17,37)25(35)16-38-26(36)10-9-23(33)18-5-4-6-18/h11-12,14,17-18,21-22,24,34,37H,4-10,13,15-16H2,1-3H3/t17-,21+,22+,24?,27+,28+,29+,30+/m1/s1. The average Bonchev–Trinajstić information content (AvgIpc) is 3.03. The van der Waals surface area contributed by atoms with Gasteiger partial charge in [0.1, 0.15) is 11.4 Å². The second kappa shape index (κ2) is 9.19. The molecule has 0 heterocycles. The van der Waals surface area contributed by atoms with Crippen molar-refractivity contribution in [2.75, 3.05) is 6.61 Å². The number of allylic oxidation sites excluding steroid dienone is 4. The van der Waals surface area contributed by atoms with Gasteiger partial charge in [-0.2, -0.15) is 0 Å². The van der Waals surface area contributed by atoms with Crippen molar-refractivity contribution in [3.05, 3.63) is 23.8 Å². The molecule has 0 aromatic carbocycles. The second-order valence-corrected chi connectivity index (χ2v) is 12.8. The molecule has 0 spiro atoms. The minimum atomic E-state index is -2.05. The van der Waals surface area contributed by atoms with Crippen molar-refractivity contribution in [1.82, 2.24) is 0 Å². The third kappa shape index (κ3) is 3.65. The molecule has 7 nitrogen and oxygen atoms in total. The molecular weight excluding hydrogens is 491 g/mol. The number of esters is 1. The summed E-state index contributed by atoms with van der Waals surface area (Å²) in [5, 5.41) is 23.3. The highest BCUT2D eigenvalue weighted by atomic mass is 19.1. The number of aliphatic hydroxyl groups excluding tert-OH is 1. The summed E-state index contributed by atoms with van der Waals surface area (Å²) in [6.07, 6.45) is 6.82. The summed E-state index contributed by atoms with van der Waals surface area (Å²) in [4.78, 5) is 49.9. The third-order valence-electron chi connectivity index (χ3n) is 11.1. The van der Waals surface area contributed by atoms with Crippen LogP contribution in [0.25, 0.3) is 0 Å². The monoisotopic (exact) mass is 530 g/mol. The molecular formula is C30H39FO7. The number of alkyl halides is 1. The Morgan fingerprint density at radius 3 is 2.50 bits per heavy atom. The average molecular weight is 531 g/mol. The Morgan fingerprint density at radius 1 is 1.13 bits per heavy atom. The fourth-order valence-electron chi connectivity index (χ4n) is 8.63. The van der Waals surface area contributed by atoms with E-state index in [1.807, 2.05) is 0 Å². The van der Waals surface area contributed by atoms with Crippen LogP contribution in [0, 0.1) is 34.5 Å². The van der Waals surface area contributed by atoms with E-state index in [-0.39, 0.29) is 42.7 Å². The lowest BCUT2D eigenvalue weighted by Gasteiger charge is -2.62. The van der Waals surface area contributed by atoms with E-state index in [1.165, 1.54) is 12.2 Å². The van der Waals surface area contributed by atoms with Crippen molar-refractivity contribution in [3.63, 3.8) is 0 Å². The number of aliphatic hydroxyl groups is 2. The van der Waals surface area contributed by atoms with Gasteiger partial charge in [0.2, 0.25) is 5.78 Å². The van der Waals surface area contributed by atoms with Gasteiger partial charge in [-0.1, -0.05) is 31.9 Å². The molecule has 4 saturated carbocycles. The Morgan fingerprint density at radius 2 is 1.84 bits per heavy atom. The van der Waals surface area contributed by atoms with Crippen LogP contribution in [0.15, 0.2) is 23.8 Å². The molecule has 38 heavy (non-hydrogen) atoms. The summed E-state index contributed by atoms with van der Waals surface area (Å²) >= 11 is 0. The summed E-state index contributed by atoms with van der Waals surface area (Å²) in [7, 11) is 0. The number of carbonyl (C=O) groups is 4. The maximum atomic E-state index is 17.2. The smallest absolute Gasteiger partial charge is 0.306 e. The van der Waals surface area contributed by atoms with Gasteiger partial charge in [-0.15, -0.1) is 0 Å². The lowest BCUT2D eigenvalue weighted by atomic mass is 9.44. The number of ketones is 3. The summed E-state index contributed by atoms with van der Waals surface area (Å²) in [5.74, 6) is -2.98. The van der Waals surface area contributed by atoms with Crippen LogP contribution < -0.4 is 0 Å². The molecule has 0 aliphatic heterocycles. The topological polar surface area (TPSA) is 118 Å². The molecule has 5 rings (SSSR count). The van der Waals surface area contributed by atoms with Crippen molar-refractivity contribution < 1.29 is 38.5 Å². The Balaban J connectivity index is 1.33. The van der Waals surface area contributed by atoms with Crippen LogP contribution >= 0.6 is 0 Å². The maximum absolute atomic E-state index is 17.2. The van der Waals surface area contributed by atoms with E-state index in [0.717, 1.165) is 19.3 Å². The molecule has 1 unspecified atom stereocenters. The minimum Gasteiger partial charge on any atom is -0.458 e. The molecule has 0 aromatic heterocycles. The first-order valence-corrected chi connectivity index (χ1v) is 14.0. The SMILES string of the molecule is C[C@@H]1C[C@H]2[C@@H]3CCC4=CC(=O)C=C[C@]4(C)[C@@]3(F)C(O)C[C@]2(C)[C@@]1(O)C(=O)COC(=O)CCC(=O)C1CCC1. The summed E-state index contributed by atoms with van der Waals surface area (Å²) in [5.41, 5.74) is -5.55. The van der Waals surface area contributed by atoms with Crippen LogP contribution in [-0.4, -0.2) is 57.5 Å². The molecule has 4 fully saturated rings. The predicted octanol–water partition coefficient (Wildman–Crippen LogP) is 3.60. The molecule has 0 amide bonds. The van der Waals surface area contributed by atoms with Crippen LogP contribution in [-0.2, 0) is 23.9 Å². The van der Waals surface area contributed by atoms with Crippen LogP contribution in [0.3, 0.4) is 0 Å². The summed E-state index contributed by atoms with van der Waals surface area (Å²) in [6, 6.07) is 0. The molecule has 208 valence electrons. The molecule has 0 bridgehead atoms. The van der Waals surface area contributed by atoms with E-state index in [4.69, 9.17) is 4.74 Å². The highest BCUT2D eigenvalue weighted by molar-refractivity contribution is 6.01. The van der Waals surface area contributed by atoms with E-state index in [2.05, 4.69) is 0 Å². The number of carbonyl (C=O) groups excluding carboxylic acids is 4. The van der Waals surface area contributed by atoms with Gasteiger partial charge in [0.15, 0.2) is 18.1 Å². The van der Waals surface area contributed by atoms with E-state index < -0.39 is 58.4 Å². The number of hydrogen-bond acceptors (Lipinski definition) is 7. The van der Waals surface area contributed by atoms with Crippen molar-refractivity contribution >= 4 is 23.3 Å². The highest BCUT2D eigenvalue weighted by Crippen LogP contribution is 2.70. The van der Waals surface area contributed by atoms with Crippen LogP contribution in [0.2, 0.25) is 0 Å². The van der Waals surface area contributed by atoms with Gasteiger partial charge in [0.25, 0.3) is 0 Å². The second-order valence-electron chi connectivity index (χ2n) is 12.8. The molecule has 5 aliphatic rings. The van der Waals surface area contributed by atoms with Gasteiger partial charge in [-0.05, 0) is 69.4 Å². The van der Waals surface area contributed by atoms with E-state index in [9.17, 15) is 29.4 Å². The van der Waals surface area contributed by atoms with Gasteiger partial charge < -0.3 is 14.9 Å². The number of halogens is 1. The highest BCUT2D eigenvalue weighted by Gasteiger charge is 2.75. The Kier molecular flexibility index (Phi) is 6.62. The Bertz CT molecular complexity index is 1120. The Labute approximate surface area is 222 Å². The van der Waals surface area contributed by atoms with Gasteiger partial charge in [-0.25, -0.2) is 4.39 Å². The quantitative estimate of drug-likeness (QED) is 0.483.